The van der Waals surface area contributed by atoms with Gasteiger partial charge in [-0.25, -0.2) is 12.7 Å². The van der Waals surface area contributed by atoms with Crippen LogP contribution in [0.2, 0.25) is 0 Å². The fraction of sp³-hybridized carbons (Fsp3) is 1.00. The topological polar surface area (TPSA) is 63.4 Å². The van der Waals surface area contributed by atoms with E-state index in [1.807, 2.05) is 6.92 Å². The van der Waals surface area contributed by atoms with Crippen molar-refractivity contribution in [2.45, 2.75) is 38.6 Å². The average Bonchev–Trinajstić information content (AvgIpc) is 2.15. The van der Waals surface area contributed by atoms with E-state index in [9.17, 15) is 8.42 Å². The summed E-state index contributed by atoms with van der Waals surface area (Å²) in [7, 11) is -3.03. The molecule has 1 rings (SSSR count). The first-order valence-corrected chi connectivity index (χ1v) is 6.90. The number of hydrogen-bond acceptors (Lipinski definition) is 3. The minimum absolute atomic E-state index is 0.0279. The SMILES string of the molecule is CCCCS(=O)(=O)N1CCCC(N)C1. The van der Waals surface area contributed by atoms with Gasteiger partial charge in [0.15, 0.2) is 0 Å². The largest absolute Gasteiger partial charge is 0.327 e. The molecule has 1 atom stereocenters. The number of nitrogens with zero attached hydrogens (tertiary/aromatic N) is 1. The van der Waals surface area contributed by atoms with Crippen molar-refractivity contribution >= 4 is 10.0 Å². The maximum absolute atomic E-state index is 11.8. The van der Waals surface area contributed by atoms with Gasteiger partial charge in [0, 0.05) is 19.1 Å². The zero-order chi connectivity index (χ0) is 10.6. The third kappa shape index (κ3) is 3.22. The molecule has 0 aromatic heterocycles. The molecule has 0 saturated carbocycles. The van der Waals surface area contributed by atoms with Crippen LogP contribution < -0.4 is 5.73 Å². The average molecular weight is 220 g/mol. The van der Waals surface area contributed by atoms with Crippen LogP contribution in [0.4, 0.5) is 0 Å². The molecule has 1 aliphatic heterocycles. The van der Waals surface area contributed by atoms with Crippen LogP contribution in [0, 0.1) is 0 Å². The van der Waals surface area contributed by atoms with Crippen molar-refractivity contribution < 1.29 is 8.42 Å². The van der Waals surface area contributed by atoms with Gasteiger partial charge < -0.3 is 5.73 Å². The number of hydrogen-bond donors (Lipinski definition) is 1. The molecule has 1 fully saturated rings. The third-order valence-corrected chi connectivity index (χ3v) is 4.49. The van der Waals surface area contributed by atoms with Gasteiger partial charge >= 0.3 is 0 Å². The van der Waals surface area contributed by atoms with Crippen LogP contribution in [0.3, 0.4) is 0 Å². The van der Waals surface area contributed by atoms with Crippen LogP contribution in [0.15, 0.2) is 0 Å². The Morgan fingerprint density at radius 3 is 2.79 bits per heavy atom. The van der Waals surface area contributed by atoms with E-state index in [-0.39, 0.29) is 11.8 Å². The monoisotopic (exact) mass is 220 g/mol. The van der Waals surface area contributed by atoms with E-state index < -0.39 is 10.0 Å². The standard InChI is InChI=1S/C9H20N2O2S/c1-2-3-7-14(12,13)11-6-4-5-9(10)8-11/h9H,2-8,10H2,1H3. The Kier molecular flexibility index (Phi) is 4.34. The van der Waals surface area contributed by atoms with Crippen LogP contribution in [0.1, 0.15) is 32.6 Å². The van der Waals surface area contributed by atoms with E-state index in [4.69, 9.17) is 5.73 Å². The number of unbranched alkanes of at least 4 members (excludes halogenated alkanes) is 1. The Hall–Kier alpha value is -0.130. The lowest BCUT2D eigenvalue weighted by atomic mass is 10.1. The first kappa shape index (κ1) is 11.9. The van der Waals surface area contributed by atoms with Crippen LogP contribution in [0.25, 0.3) is 0 Å². The molecule has 0 aliphatic carbocycles. The Labute approximate surface area is 86.5 Å². The van der Waals surface area contributed by atoms with Gasteiger partial charge in [-0.1, -0.05) is 13.3 Å². The summed E-state index contributed by atoms with van der Waals surface area (Å²) < 4.78 is 25.1. The lowest BCUT2D eigenvalue weighted by Gasteiger charge is -2.29. The summed E-state index contributed by atoms with van der Waals surface area (Å²) in [5, 5.41) is 0. The number of rotatable bonds is 4. The van der Waals surface area contributed by atoms with Crippen LogP contribution in [0.5, 0.6) is 0 Å². The fourth-order valence-electron chi connectivity index (χ4n) is 1.68. The molecule has 0 amide bonds. The van der Waals surface area contributed by atoms with Crippen molar-refractivity contribution in [3.63, 3.8) is 0 Å². The Bertz CT molecular complexity index is 264. The highest BCUT2D eigenvalue weighted by Crippen LogP contribution is 2.13. The quantitative estimate of drug-likeness (QED) is 0.752. The second-order valence-corrected chi connectivity index (χ2v) is 6.02. The molecule has 5 heteroatoms. The second kappa shape index (κ2) is 5.09. The molecule has 4 nitrogen and oxygen atoms in total. The minimum Gasteiger partial charge on any atom is -0.327 e. The highest BCUT2D eigenvalue weighted by atomic mass is 32.2. The molecular formula is C9H20N2O2S. The summed E-state index contributed by atoms with van der Waals surface area (Å²) in [4.78, 5) is 0. The molecule has 84 valence electrons. The van der Waals surface area contributed by atoms with Gasteiger partial charge in [-0.05, 0) is 19.3 Å². The zero-order valence-corrected chi connectivity index (χ0v) is 9.59. The molecule has 2 N–H and O–H groups in total. The first-order chi connectivity index (χ1) is 6.56. The predicted octanol–water partition coefficient (Wildman–Crippen LogP) is 0.539. The van der Waals surface area contributed by atoms with Crippen molar-refractivity contribution in [3.8, 4) is 0 Å². The number of piperidine rings is 1. The molecule has 0 aromatic carbocycles. The van der Waals surface area contributed by atoms with E-state index in [0.717, 1.165) is 25.7 Å². The van der Waals surface area contributed by atoms with E-state index in [2.05, 4.69) is 0 Å². The molecule has 0 spiro atoms. The molecule has 0 radical (unpaired) electrons. The van der Waals surface area contributed by atoms with Gasteiger partial charge in [0.25, 0.3) is 0 Å². The Morgan fingerprint density at radius 2 is 2.21 bits per heavy atom. The smallest absolute Gasteiger partial charge is 0.214 e. The summed E-state index contributed by atoms with van der Waals surface area (Å²) in [6, 6.07) is 0.0279. The maximum atomic E-state index is 11.8. The van der Waals surface area contributed by atoms with Gasteiger partial charge in [0.05, 0.1) is 5.75 Å². The highest BCUT2D eigenvalue weighted by Gasteiger charge is 2.26. The predicted molar refractivity (Wildman–Crippen MR) is 57.5 cm³/mol. The summed E-state index contributed by atoms with van der Waals surface area (Å²) in [6.07, 6.45) is 3.50. The van der Waals surface area contributed by atoms with E-state index >= 15 is 0 Å². The molecule has 1 heterocycles. The van der Waals surface area contributed by atoms with Gasteiger partial charge in [-0.2, -0.15) is 0 Å². The Morgan fingerprint density at radius 1 is 1.50 bits per heavy atom. The van der Waals surface area contributed by atoms with E-state index in [1.165, 1.54) is 0 Å². The van der Waals surface area contributed by atoms with Gasteiger partial charge in [0.2, 0.25) is 10.0 Å². The number of nitrogens with two attached hydrogens (primary N) is 1. The molecule has 1 aliphatic rings. The fourth-order valence-corrected chi connectivity index (χ4v) is 3.42. The first-order valence-electron chi connectivity index (χ1n) is 5.29. The molecule has 14 heavy (non-hydrogen) atoms. The second-order valence-electron chi connectivity index (χ2n) is 3.93. The number of sulfonamides is 1. The highest BCUT2D eigenvalue weighted by molar-refractivity contribution is 7.89. The zero-order valence-electron chi connectivity index (χ0n) is 8.78. The van der Waals surface area contributed by atoms with Crippen LogP contribution in [-0.2, 0) is 10.0 Å². The van der Waals surface area contributed by atoms with Crippen molar-refractivity contribution in [1.29, 1.82) is 0 Å². The van der Waals surface area contributed by atoms with Gasteiger partial charge in [-0.3, -0.25) is 0 Å². The summed E-state index contributed by atoms with van der Waals surface area (Å²) in [5.74, 6) is 0.274. The Balaban J connectivity index is 2.53. The van der Waals surface area contributed by atoms with E-state index in [1.54, 1.807) is 4.31 Å². The van der Waals surface area contributed by atoms with Crippen molar-refractivity contribution in [3.05, 3.63) is 0 Å². The van der Waals surface area contributed by atoms with Crippen molar-refractivity contribution in [1.82, 2.24) is 4.31 Å². The normalized spacial score (nSPS) is 25.1. The molecular weight excluding hydrogens is 200 g/mol. The summed E-state index contributed by atoms with van der Waals surface area (Å²) in [5.41, 5.74) is 5.74. The summed E-state index contributed by atoms with van der Waals surface area (Å²) in [6.45, 7) is 3.16. The van der Waals surface area contributed by atoms with Gasteiger partial charge in [-0.15, -0.1) is 0 Å². The molecule has 0 bridgehead atoms. The molecule has 1 unspecified atom stereocenters. The van der Waals surface area contributed by atoms with Crippen LogP contribution >= 0.6 is 0 Å². The van der Waals surface area contributed by atoms with Crippen molar-refractivity contribution in [2.24, 2.45) is 5.73 Å². The van der Waals surface area contributed by atoms with Crippen LogP contribution in [-0.4, -0.2) is 37.6 Å². The van der Waals surface area contributed by atoms with E-state index in [0.29, 0.717) is 13.1 Å². The maximum Gasteiger partial charge on any atom is 0.214 e. The van der Waals surface area contributed by atoms with Crippen molar-refractivity contribution in [2.75, 3.05) is 18.8 Å². The lowest BCUT2D eigenvalue weighted by molar-refractivity contribution is 0.316. The molecule has 1 saturated heterocycles. The third-order valence-electron chi connectivity index (χ3n) is 2.57. The lowest BCUT2D eigenvalue weighted by Crippen LogP contribution is -2.46. The molecule has 0 aromatic rings. The summed E-state index contributed by atoms with van der Waals surface area (Å²) >= 11 is 0. The minimum atomic E-state index is -3.03. The van der Waals surface area contributed by atoms with Gasteiger partial charge in [0.1, 0.15) is 0 Å².